The molecule has 0 saturated carbocycles. The first kappa shape index (κ1) is 33.9. The number of nitrogens with one attached hydrogen (secondary N) is 1. The summed E-state index contributed by atoms with van der Waals surface area (Å²) in [6, 6.07) is 27.3. The number of carbonyl (C=O) groups excluding carboxylic acids is 1. The summed E-state index contributed by atoms with van der Waals surface area (Å²) in [5.74, 6) is 2.15. The highest BCUT2D eigenvalue weighted by Crippen LogP contribution is 2.23. The summed E-state index contributed by atoms with van der Waals surface area (Å²) in [5.41, 5.74) is 5.79. The fourth-order valence-electron chi connectivity index (χ4n) is 5.07. The average molecular weight is 702 g/mol. The minimum atomic E-state index is -0.247. The fraction of sp³-hybridized carbons (Fsp3) is 0.222. The molecule has 0 atom stereocenters. The second kappa shape index (κ2) is 16.4. The van der Waals surface area contributed by atoms with Crippen molar-refractivity contribution < 1.29 is 23.9 Å². The molecule has 1 saturated heterocycles. The van der Waals surface area contributed by atoms with Gasteiger partial charge in [-0.05, 0) is 65.7 Å². The number of hydrogen-bond donors (Lipinski definition) is 2. The number of halogens is 2. The Hall–Kier alpha value is -4.94. The van der Waals surface area contributed by atoms with Gasteiger partial charge in [0.05, 0.1) is 19.3 Å². The van der Waals surface area contributed by atoms with E-state index < -0.39 is 0 Å². The van der Waals surface area contributed by atoms with Gasteiger partial charge in [-0.15, -0.1) is 0 Å². The zero-order valence-corrected chi connectivity index (χ0v) is 28.0. The smallest absolute Gasteiger partial charge is 0.254 e. The number of hydrogen-bond acceptors (Lipinski definition) is 10. The molecule has 0 bridgehead atoms. The molecule has 4 aromatic carbocycles. The van der Waals surface area contributed by atoms with Crippen LogP contribution in [0.2, 0.25) is 10.0 Å². The van der Waals surface area contributed by atoms with E-state index in [9.17, 15) is 9.90 Å². The Bertz CT molecular complexity index is 1860. The predicted molar refractivity (Wildman–Crippen MR) is 187 cm³/mol. The number of rotatable bonds is 13. The van der Waals surface area contributed by atoms with E-state index in [0.717, 1.165) is 35.5 Å². The van der Waals surface area contributed by atoms with E-state index in [2.05, 4.69) is 30.5 Å². The van der Waals surface area contributed by atoms with Crippen molar-refractivity contribution in [3.8, 4) is 28.6 Å². The Morgan fingerprint density at radius 2 is 1.43 bits per heavy atom. The van der Waals surface area contributed by atoms with Gasteiger partial charge in [-0.3, -0.25) is 14.6 Å². The number of ether oxygens (including phenoxy) is 2. The quantitative estimate of drug-likeness (QED) is 0.109. The SMILES string of the molecule is O=C(CN1CCN(Cc2nc(-c3ccc(COc4ccc(Cl)cc4)cc3)no2)CC1)NN=Cc1cc(OCc2ccc(Cl)cc2)ccc1O. The highest BCUT2D eigenvalue weighted by Gasteiger charge is 2.21. The molecular weight excluding hydrogens is 667 g/mol. The number of aromatic hydroxyl groups is 1. The molecule has 2 heterocycles. The van der Waals surface area contributed by atoms with Crippen LogP contribution in [0.1, 0.15) is 22.6 Å². The number of carbonyl (C=O) groups is 1. The Balaban J connectivity index is 0.907. The monoisotopic (exact) mass is 700 g/mol. The molecule has 1 aliphatic rings. The highest BCUT2D eigenvalue weighted by molar-refractivity contribution is 6.30. The van der Waals surface area contributed by atoms with Crippen molar-refractivity contribution in [3.05, 3.63) is 124 Å². The van der Waals surface area contributed by atoms with Gasteiger partial charge in [0, 0.05) is 47.4 Å². The number of aromatic nitrogens is 2. The van der Waals surface area contributed by atoms with E-state index in [-0.39, 0.29) is 18.2 Å². The molecule has 11 nitrogen and oxygen atoms in total. The maximum absolute atomic E-state index is 12.6. The number of benzene rings is 4. The third-order valence-corrected chi connectivity index (χ3v) is 8.30. The van der Waals surface area contributed by atoms with Gasteiger partial charge in [0.1, 0.15) is 30.5 Å². The topological polar surface area (TPSA) is 126 Å². The van der Waals surface area contributed by atoms with Crippen molar-refractivity contribution in [3.63, 3.8) is 0 Å². The van der Waals surface area contributed by atoms with Crippen LogP contribution in [0.15, 0.2) is 101 Å². The number of amides is 1. The van der Waals surface area contributed by atoms with Gasteiger partial charge in [0.2, 0.25) is 11.7 Å². The van der Waals surface area contributed by atoms with E-state index in [1.165, 1.54) is 12.3 Å². The summed E-state index contributed by atoms with van der Waals surface area (Å²) in [7, 11) is 0. The maximum Gasteiger partial charge on any atom is 0.254 e. The van der Waals surface area contributed by atoms with Gasteiger partial charge < -0.3 is 19.1 Å². The Morgan fingerprint density at radius 1 is 0.837 bits per heavy atom. The summed E-state index contributed by atoms with van der Waals surface area (Å²) < 4.78 is 17.2. The Kier molecular flexibility index (Phi) is 11.4. The lowest BCUT2D eigenvalue weighted by Gasteiger charge is -2.33. The van der Waals surface area contributed by atoms with Gasteiger partial charge >= 0.3 is 0 Å². The molecule has 1 aliphatic heterocycles. The standard InChI is InChI=1S/C36H34Cl2N6O5/c37-29-7-3-26(4-8-29)24-48-32-13-14-33(45)28(19-32)20-39-41-34(46)21-43-15-17-44(18-16-43)22-35-40-36(42-49-35)27-5-1-25(2-6-27)23-47-31-11-9-30(38)10-12-31/h1-14,19-20,45H,15-18,21-24H2,(H,41,46). The molecule has 49 heavy (non-hydrogen) atoms. The zero-order chi connectivity index (χ0) is 34.0. The Labute approximate surface area is 293 Å². The van der Waals surface area contributed by atoms with Crippen LogP contribution in [0, 0.1) is 0 Å². The lowest BCUT2D eigenvalue weighted by atomic mass is 10.1. The number of piperazine rings is 1. The second-order valence-corrected chi connectivity index (χ2v) is 12.3. The van der Waals surface area contributed by atoms with Crippen molar-refractivity contribution in [1.82, 2.24) is 25.4 Å². The van der Waals surface area contributed by atoms with Crippen LogP contribution in [-0.4, -0.2) is 69.9 Å². The molecule has 0 unspecified atom stereocenters. The zero-order valence-electron chi connectivity index (χ0n) is 26.5. The van der Waals surface area contributed by atoms with Crippen molar-refractivity contribution >= 4 is 35.3 Å². The first-order valence-corrected chi connectivity index (χ1v) is 16.4. The van der Waals surface area contributed by atoms with Gasteiger partial charge in [0.25, 0.3) is 5.91 Å². The van der Waals surface area contributed by atoms with Crippen LogP contribution >= 0.6 is 23.2 Å². The van der Waals surface area contributed by atoms with Crippen LogP contribution in [0.5, 0.6) is 17.2 Å². The van der Waals surface area contributed by atoms with Crippen LogP contribution in [0.4, 0.5) is 0 Å². The van der Waals surface area contributed by atoms with Gasteiger partial charge in [-0.1, -0.05) is 64.8 Å². The van der Waals surface area contributed by atoms with E-state index in [4.69, 9.17) is 37.2 Å². The van der Waals surface area contributed by atoms with Crippen molar-refractivity contribution in [2.45, 2.75) is 19.8 Å². The van der Waals surface area contributed by atoms with E-state index in [1.54, 1.807) is 36.4 Å². The number of nitrogens with zero attached hydrogens (tertiary/aromatic N) is 5. The maximum atomic E-state index is 12.6. The molecule has 0 spiro atoms. The summed E-state index contributed by atoms with van der Waals surface area (Å²) in [6.07, 6.45) is 1.39. The lowest BCUT2D eigenvalue weighted by molar-refractivity contribution is -0.122. The molecule has 0 radical (unpaired) electrons. The first-order valence-electron chi connectivity index (χ1n) is 15.6. The van der Waals surface area contributed by atoms with E-state index in [1.807, 2.05) is 48.5 Å². The third kappa shape index (κ3) is 10.0. The Morgan fingerprint density at radius 3 is 2.12 bits per heavy atom. The summed E-state index contributed by atoms with van der Waals surface area (Å²) >= 11 is 11.9. The van der Waals surface area contributed by atoms with Crippen LogP contribution in [0.3, 0.4) is 0 Å². The number of phenols is 1. The normalized spacial score (nSPS) is 13.8. The minimum absolute atomic E-state index is 0.0236. The van der Waals surface area contributed by atoms with Crippen LogP contribution < -0.4 is 14.9 Å². The summed E-state index contributed by atoms with van der Waals surface area (Å²) in [4.78, 5) is 21.4. The molecule has 1 fully saturated rings. The summed E-state index contributed by atoms with van der Waals surface area (Å²) in [5, 5.41) is 19.7. The molecule has 0 aliphatic carbocycles. The third-order valence-electron chi connectivity index (χ3n) is 7.80. The van der Waals surface area contributed by atoms with Gasteiger partial charge in [-0.2, -0.15) is 10.1 Å². The van der Waals surface area contributed by atoms with Crippen molar-refractivity contribution in [2.24, 2.45) is 5.10 Å². The fourth-order valence-corrected chi connectivity index (χ4v) is 5.32. The number of phenolic OH excluding ortho intramolecular Hbond substituents is 1. The predicted octanol–water partition coefficient (Wildman–Crippen LogP) is 6.17. The van der Waals surface area contributed by atoms with E-state index in [0.29, 0.717) is 65.9 Å². The molecular formula is C36H34Cl2N6O5. The first-order chi connectivity index (χ1) is 23.9. The molecule has 13 heteroatoms. The van der Waals surface area contributed by atoms with Gasteiger partial charge in [0.15, 0.2) is 0 Å². The van der Waals surface area contributed by atoms with Gasteiger partial charge in [-0.25, -0.2) is 5.43 Å². The van der Waals surface area contributed by atoms with Crippen LogP contribution in [-0.2, 0) is 24.6 Å². The van der Waals surface area contributed by atoms with Crippen molar-refractivity contribution in [2.75, 3.05) is 32.7 Å². The van der Waals surface area contributed by atoms with E-state index >= 15 is 0 Å². The molecule has 5 aromatic rings. The molecule has 6 rings (SSSR count). The molecule has 1 aromatic heterocycles. The number of hydrazone groups is 1. The molecule has 252 valence electrons. The summed E-state index contributed by atoms with van der Waals surface area (Å²) in [6.45, 7) is 4.39. The molecule has 1 amide bonds. The minimum Gasteiger partial charge on any atom is -0.507 e. The lowest BCUT2D eigenvalue weighted by Crippen LogP contribution is -2.48. The highest BCUT2D eigenvalue weighted by atomic mass is 35.5. The average Bonchev–Trinajstić information content (AvgIpc) is 3.58. The second-order valence-electron chi connectivity index (χ2n) is 11.4. The largest absolute Gasteiger partial charge is 0.507 e. The van der Waals surface area contributed by atoms with Crippen LogP contribution in [0.25, 0.3) is 11.4 Å². The van der Waals surface area contributed by atoms with Crippen molar-refractivity contribution in [1.29, 1.82) is 0 Å². The molecule has 2 N–H and O–H groups in total.